The SMILES string of the molecule is CC(=O)N1C(=O)C(C)(C)CN1c1cccc([N+](=O)[O-])c1. The van der Waals surface area contributed by atoms with Crippen LogP contribution in [0.5, 0.6) is 0 Å². The molecule has 1 saturated heterocycles. The second-order valence-corrected chi connectivity index (χ2v) is 5.35. The highest BCUT2D eigenvalue weighted by atomic mass is 16.6. The highest BCUT2D eigenvalue weighted by Gasteiger charge is 2.46. The molecule has 1 heterocycles. The van der Waals surface area contributed by atoms with E-state index in [-0.39, 0.29) is 11.6 Å². The summed E-state index contributed by atoms with van der Waals surface area (Å²) in [5, 5.41) is 13.3. The summed E-state index contributed by atoms with van der Waals surface area (Å²) in [7, 11) is 0. The van der Waals surface area contributed by atoms with Gasteiger partial charge in [-0.3, -0.25) is 24.7 Å². The first-order valence-electron chi connectivity index (χ1n) is 6.11. The highest BCUT2D eigenvalue weighted by molar-refractivity contribution is 6.01. The van der Waals surface area contributed by atoms with Crippen LogP contribution in [-0.4, -0.2) is 28.3 Å². The van der Waals surface area contributed by atoms with Crippen molar-refractivity contribution in [1.82, 2.24) is 5.01 Å². The Bertz CT molecular complexity index is 597. The summed E-state index contributed by atoms with van der Waals surface area (Å²) in [6.07, 6.45) is 0. The average molecular weight is 277 g/mol. The van der Waals surface area contributed by atoms with Gasteiger partial charge in [-0.15, -0.1) is 0 Å². The van der Waals surface area contributed by atoms with Gasteiger partial charge in [0, 0.05) is 19.1 Å². The molecule has 0 aromatic heterocycles. The minimum atomic E-state index is -0.712. The Hall–Kier alpha value is -2.44. The summed E-state index contributed by atoms with van der Waals surface area (Å²) in [6, 6.07) is 5.88. The average Bonchev–Trinajstić information content (AvgIpc) is 2.61. The van der Waals surface area contributed by atoms with Crippen LogP contribution in [0.2, 0.25) is 0 Å². The van der Waals surface area contributed by atoms with Gasteiger partial charge < -0.3 is 0 Å². The Morgan fingerprint density at radius 2 is 2.05 bits per heavy atom. The molecule has 0 unspecified atom stereocenters. The van der Waals surface area contributed by atoms with E-state index in [9.17, 15) is 19.7 Å². The number of hydrogen-bond acceptors (Lipinski definition) is 5. The molecule has 0 atom stereocenters. The number of hydrogen-bond donors (Lipinski definition) is 0. The predicted octanol–water partition coefficient (Wildman–Crippen LogP) is 1.73. The third kappa shape index (κ3) is 2.22. The third-order valence-electron chi connectivity index (χ3n) is 3.19. The van der Waals surface area contributed by atoms with E-state index in [4.69, 9.17) is 0 Å². The van der Waals surface area contributed by atoms with E-state index in [1.165, 1.54) is 30.1 Å². The fraction of sp³-hybridized carbons (Fsp3) is 0.385. The Morgan fingerprint density at radius 1 is 1.40 bits per heavy atom. The van der Waals surface area contributed by atoms with Gasteiger partial charge in [-0.25, -0.2) is 0 Å². The van der Waals surface area contributed by atoms with Crippen LogP contribution in [0.4, 0.5) is 11.4 Å². The van der Waals surface area contributed by atoms with Crippen molar-refractivity contribution in [3.8, 4) is 0 Å². The normalized spacial score (nSPS) is 17.4. The van der Waals surface area contributed by atoms with Gasteiger partial charge in [0.05, 0.1) is 22.6 Å². The number of non-ortho nitro benzene ring substituents is 1. The number of carbonyl (C=O) groups is 2. The lowest BCUT2D eigenvalue weighted by molar-refractivity contribution is -0.384. The van der Waals surface area contributed by atoms with E-state index in [2.05, 4.69) is 0 Å². The molecule has 0 spiro atoms. The summed E-state index contributed by atoms with van der Waals surface area (Å²) in [5.41, 5.74) is -0.340. The zero-order valence-electron chi connectivity index (χ0n) is 11.5. The van der Waals surface area contributed by atoms with E-state index in [1.807, 2.05) is 0 Å². The molecular weight excluding hydrogens is 262 g/mol. The summed E-state index contributed by atoms with van der Waals surface area (Å²) < 4.78 is 0. The number of anilines is 1. The molecule has 0 saturated carbocycles. The molecule has 1 fully saturated rings. The summed E-state index contributed by atoms with van der Waals surface area (Å²) in [4.78, 5) is 34.2. The van der Waals surface area contributed by atoms with Crippen molar-refractivity contribution in [2.45, 2.75) is 20.8 Å². The second kappa shape index (κ2) is 4.59. The number of nitro groups is 1. The van der Waals surface area contributed by atoms with E-state index in [0.29, 0.717) is 12.2 Å². The maximum absolute atomic E-state index is 12.2. The van der Waals surface area contributed by atoms with Gasteiger partial charge in [-0.05, 0) is 19.9 Å². The van der Waals surface area contributed by atoms with Crippen LogP contribution in [0, 0.1) is 15.5 Å². The van der Waals surface area contributed by atoms with Crippen LogP contribution in [0.25, 0.3) is 0 Å². The minimum absolute atomic E-state index is 0.0804. The molecule has 2 rings (SSSR count). The molecule has 7 heteroatoms. The van der Waals surface area contributed by atoms with E-state index in [1.54, 1.807) is 19.9 Å². The van der Waals surface area contributed by atoms with Crippen molar-refractivity contribution in [3.05, 3.63) is 34.4 Å². The number of carbonyl (C=O) groups excluding carboxylic acids is 2. The molecule has 1 aromatic carbocycles. The Kier molecular flexibility index (Phi) is 3.21. The molecule has 1 aliphatic heterocycles. The molecule has 2 amide bonds. The van der Waals surface area contributed by atoms with Crippen LogP contribution >= 0.6 is 0 Å². The zero-order valence-corrected chi connectivity index (χ0v) is 11.5. The first kappa shape index (κ1) is 14.0. The fourth-order valence-corrected chi connectivity index (χ4v) is 2.20. The molecule has 20 heavy (non-hydrogen) atoms. The van der Waals surface area contributed by atoms with Gasteiger partial charge in [0.2, 0.25) is 5.91 Å². The summed E-state index contributed by atoms with van der Waals surface area (Å²) >= 11 is 0. The minimum Gasteiger partial charge on any atom is -0.275 e. The lowest BCUT2D eigenvalue weighted by Gasteiger charge is -2.26. The van der Waals surface area contributed by atoms with Crippen LogP contribution in [-0.2, 0) is 9.59 Å². The Balaban J connectivity index is 2.45. The van der Waals surface area contributed by atoms with Crippen LogP contribution < -0.4 is 5.01 Å². The first-order valence-corrected chi connectivity index (χ1v) is 6.11. The van der Waals surface area contributed by atoms with Crippen molar-refractivity contribution >= 4 is 23.2 Å². The summed E-state index contributed by atoms with van der Waals surface area (Å²) in [6.45, 7) is 5.07. The molecule has 1 aliphatic rings. The van der Waals surface area contributed by atoms with Gasteiger partial charge in [0.25, 0.3) is 11.6 Å². The van der Waals surface area contributed by atoms with Crippen molar-refractivity contribution in [2.75, 3.05) is 11.6 Å². The highest BCUT2D eigenvalue weighted by Crippen LogP contribution is 2.34. The molecular formula is C13H15N3O4. The van der Waals surface area contributed by atoms with E-state index >= 15 is 0 Å². The monoisotopic (exact) mass is 277 g/mol. The zero-order chi connectivity index (χ0) is 15.1. The lowest BCUT2D eigenvalue weighted by Crippen LogP contribution is -2.42. The number of amides is 2. The molecule has 0 bridgehead atoms. The van der Waals surface area contributed by atoms with Crippen LogP contribution in [0.3, 0.4) is 0 Å². The molecule has 1 aromatic rings. The number of hydrazine groups is 1. The molecule has 0 N–H and O–H groups in total. The van der Waals surface area contributed by atoms with Crippen molar-refractivity contribution in [2.24, 2.45) is 5.41 Å². The smallest absolute Gasteiger partial charge is 0.271 e. The van der Waals surface area contributed by atoms with Gasteiger partial charge in [0.1, 0.15) is 0 Å². The fourth-order valence-electron chi connectivity index (χ4n) is 2.20. The number of rotatable bonds is 2. The maximum Gasteiger partial charge on any atom is 0.271 e. The largest absolute Gasteiger partial charge is 0.275 e. The Labute approximate surface area is 115 Å². The first-order chi connectivity index (χ1) is 9.24. The maximum atomic E-state index is 12.2. The predicted molar refractivity (Wildman–Crippen MR) is 71.8 cm³/mol. The standard InChI is InChI=1S/C13H15N3O4/c1-9(17)15-12(18)13(2,3)8-14(15)10-5-4-6-11(7-10)16(19)20/h4-7H,8H2,1-3H3. The third-order valence-corrected chi connectivity index (χ3v) is 3.19. The number of benzene rings is 1. The van der Waals surface area contributed by atoms with Crippen molar-refractivity contribution in [1.29, 1.82) is 0 Å². The molecule has 7 nitrogen and oxygen atoms in total. The topological polar surface area (TPSA) is 83.8 Å². The van der Waals surface area contributed by atoms with Gasteiger partial charge in [-0.1, -0.05) is 6.07 Å². The molecule has 106 valence electrons. The number of imide groups is 1. The van der Waals surface area contributed by atoms with Crippen molar-refractivity contribution < 1.29 is 14.5 Å². The Morgan fingerprint density at radius 3 is 2.60 bits per heavy atom. The summed E-state index contributed by atoms with van der Waals surface area (Å²) in [5.74, 6) is -0.719. The van der Waals surface area contributed by atoms with Crippen LogP contribution in [0.15, 0.2) is 24.3 Å². The molecule has 0 aliphatic carbocycles. The quantitative estimate of drug-likeness (QED) is 0.607. The second-order valence-electron chi connectivity index (χ2n) is 5.35. The molecule has 0 radical (unpaired) electrons. The van der Waals surface area contributed by atoms with E-state index < -0.39 is 16.2 Å². The number of nitrogens with zero attached hydrogens (tertiary/aromatic N) is 3. The van der Waals surface area contributed by atoms with Crippen LogP contribution in [0.1, 0.15) is 20.8 Å². The van der Waals surface area contributed by atoms with Gasteiger partial charge in [0.15, 0.2) is 0 Å². The lowest BCUT2D eigenvalue weighted by atomic mass is 9.94. The number of nitro benzene ring substituents is 1. The van der Waals surface area contributed by atoms with Crippen molar-refractivity contribution in [3.63, 3.8) is 0 Å². The van der Waals surface area contributed by atoms with E-state index in [0.717, 1.165) is 5.01 Å². The van der Waals surface area contributed by atoms with Gasteiger partial charge >= 0.3 is 0 Å². The van der Waals surface area contributed by atoms with Gasteiger partial charge in [-0.2, -0.15) is 5.01 Å².